The van der Waals surface area contributed by atoms with Crippen molar-refractivity contribution in [3.05, 3.63) is 38.7 Å². The van der Waals surface area contributed by atoms with Crippen LogP contribution in [0.1, 0.15) is 13.8 Å². The van der Waals surface area contributed by atoms with Gasteiger partial charge in [-0.15, -0.1) is 11.3 Å². The van der Waals surface area contributed by atoms with E-state index in [4.69, 9.17) is 32.5 Å². The fourth-order valence-corrected chi connectivity index (χ4v) is 6.48. The number of non-ortho nitro benzene ring substituents is 1. The van der Waals surface area contributed by atoms with E-state index in [0.29, 0.717) is 33.6 Å². The molecule has 0 aliphatic heterocycles. The van der Waals surface area contributed by atoms with Crippen LogP contribution in [0.4, 0.5) is 5.69 Å². The number of nitro benzene ring substituents is 1. The molecule has 0 aliphatic carbocycles. The van der Waals surface area contributed by atoms with E-state index in [0.717, 1.165) is 0 Å². The smallest absolute Gasteiger partial charge is 0.270 e. The van der Waals surface area contributed by atoms with Crippen LogP contribution in [0, 0.1) is 10.1 Å². The van der Waals surface area contributed by atoms with E-state index in [1.165, 1.54) is 23.5 Å². The molecule has 124 valence electrons. The van der Waals surface area contributed by atoms with Crippen LogP contribution in [0.5, 0.6) is 0 Å². The number of aromatic nitrogens is 1. The van der Waals surface area contributed by atoms with Gasteiger partial charge in [-0.3, -0.25) is 10.1 Å². The van der Waals surface area contributed by atoms with Gasteiger partial charge in [-0.1, -0.05) is 23.7 Å². The molecule has 0 saturated heterocycles. The van der Waals surface area contributed by atoms with Crippen molar-refractivity contribution in [3.63, 3.8) is 0 Å². The lowest BCUT2D eigenvalue weighted by atomic mass is 10.2. The Bertz CT molecular complexity index is 758. The molecule has 2 rings (SSSR count). The zero-order valence-corrected chi connectivity index (χ0v) is 15.7. The van der Waals surface area contributed by atoms with Gasteiger partial charge in [0, 0.05) is 17.7 Å². The molecule has 2 aromatic rings. The van der Waals surface area contributed by atoms with Crippen LogP contribution >= 0.6 is 29.4 Å². The van der Waals surface area contributed by atoms with E-state index in [2.05, 4.69) is 4.98 Å². The lowest BCUT2D eigenvalue weighted by molar-refractivity contribution is -0.384. The minimum absolute atomic E-state index is 0.00979. The van der Waals surface area contributed by atoms with Gasteiger partial charge in [-0.05, 0) is 25.7 Å². The second-order valence-corrected chi connectivity index (χ2v) is 9.24. The SMILES string of the molecule is CCOP(=S)(OCC)c1nc(-c2cccc([N+](=O)[O-])c2)sc1Cl. The van der Waals surface area contributed by atoms with Gasteiger partial charge in [-0.25, -0.2) is 4.98 Å². The largest absolute Gasteiger partial charge is 0.325 e. The number of halogens is 1. The molecular formula is C13H14ClN2O4PS2. The molecule has 1 heterocycles. The van der Waals surface area contributed by atoms with Crippen LogP contribution < -0.4 is 5.44 Å². The predicted molar refractivity (Wildman–Crippen MR) is 96.4 cm³/mol. The zero-order valence-electron chi connectivity index (χ0n) is 12.4. The maximum atomic E-state index is 10.9. The third kappa shape index (κ3) is 4.15. The molecule has 6 nitrogen and oxygen atoms in total. The van der Waals surface area contributed by atoms with E-state index in [1.807, 2.05) is 13.8 Å². The van der Waals surface area contributed by atoms with Crippen molar-refractivity contribution < 1.29 is 14.0 Å². The lowest BCUT2D eigenvalue weighted by Crippen LogP contribution is -2.12. The molecule has 1 aromatic carbocycles. The van der Waals surface area contributed by atoms with E-state index in [1.54, 1.807) is 12.1 Å². The minimum Gasteiger partial charge on any atom is -0.325 e. The second kappa shape index (κ2) is 7.79. The normalized spacial score (nSPS) is 11.6. The summed E-state index contributed by atoms with van der Waals surface area (Å²) in [6.07, 6.45) is 0. The van der Waals surface area contributed by atoms with Crippen molar-refractivity contribution in [2.75, 3.05) is 13.2 Å². The Morgan fingerprint density at radius 1 is 1.39 bits per heavy atom. The van der Waals surface area contributed by atoms with Gasteiger partial charge in [0.25, 0.3) is 5.69 Å². The summed E-state index contributed by atoms with van der Waals surface area (Å²) in [7, 11) is 0. The minimum atomic E-state index is -2.77. The third-order valence-corrected chi connectivity index (χ3v) is 7.51. The molecule has 0 bridgehead atoms. The third-order valence-electron chi connectivity index (χ3n) is 2.73. The Morgan fingerprint density at radius 2 is 2.04 bits per heavy atom. The highest BCUT2D eigenvalue weighted by atomic mass is 35.5. The van der Waals surface area contributed by atoms with E-state index in [9.17, 15) is 10.1 Å². The number of rotatable bonds is 7. The van der Waals surface area contributed by atoms with Crippen LogP contribution in [0.3, 0.4) is 0 Å². The van der Waals surface area contributed by atoms with Gasteiger partial charge in [0.2, 0.25) is 6.49 Å². The van der Waals surface area contributed by atoms with Crippen molar-refractivity contribution in [1.29, 1.82) is 0 Å². The van der Waals surface area contributed by atoms with Gasteiger partial charge in [0.15, 0.2) is 5.44 Å². The van der Waals surface area contributed by atoms with Crippen LogP contribution in [0.25, 0.3) is 10.6 Å². The molecule has 0 unspecified atom stereocenters. The second-order valence-electron chi connectivity index (χ2n) is 4.26. The number of thiazole rings is 1. The van der Waals surface area contributed by atoms with Crippen LogP contribution in [0.15, 0.2) is 24.3 Å². The molecule has 0 atom stereocenters. The van der Waals surface area contributed by atoms with E-state index < -0.39 is 11.4 Å². The summed E-state index contributed by atoms with van der Waals surface area (Å²) in [5.41, 5.74) is 1.00. The molecule has 0 aliphatic rings. The molecule has 0 N–H and O–H groups in total. The molecule has 0 fully saturated rings. The Kier molecular flexibility index (Phi) is 6.25. The van der Waals surface area contributed by atoms with Gasteiger partial charge in [0.1, 0.15) is 9.34 Å². The van der Waals surface area contributed by atoms with Gasteiger partial charge < -0.3 is 9.05 Å². The van der Waals surface area contributed by atoms with Crippen molar-refractivity contribution in [1.82, 2.24) is 4.98 Å². The first kappa shape index (κ1) is 18.4. The first-order chi connectivity index (χ1) is 10.9. The summed E-state index contributed by atoms with van der Waals surface area (Å²) in [6.45, 7) is 1.64. The fraction of sp³-hybridized carbons (Fsp3) is 0.308. The Labute approximate surface area is 147 Å². The zero-order chi connectivity index (χ0) is 17.0. The van der Waals surface area contributed by atoms with Crippen molar-refractivity contribution in [2.24, 2.45) is 0 Å². The molecule has 0 saturated carbocycles. The van der Waals surface area contributed by atoms with Crippen LogP contribution in [-0.2, 0) is 20.9 Å². The average Bonchev–Trinajstić information content (AvgIpc) is 2.90. The van der Waals surface area contributed by atoms with Crippen LogP contribution in [-0.4, -0.2) is 23.1 Å². The molecule has 0 spiro atoms. The summed E-state index contributed by atoms with van der Waals surface area (Å²) >= 11 is 13.0. The summed E-state index contributed by atoms with van der Waals surface area (Å²) < 4.78 is 11.6. The van der Waals surface area contributed by atoms with Crippen molar-refractivity contribution in [2.45, 2.75) is 13.8 Å². The van der Waals surface area contributed by atoms with E-state index >= 15 is 0 Å². The number of nitro groups is 1. The van der Waals surface area contributed by atoms with Crippen molar-refractivity contribution >= 4 is 52.4 Å². The topological polar surface area (TPSA) is 74.5 Å². The molecule has 0 amide bonds. The van der Waals surface area contributed by atoms with E-state index in [-0.39, 0.29) is 5.69 Å². The number of benzene rings is 1. The predicted octanol–water partition coefficient (Wildman–Crippen LogP) is 4.38. The maximum absolute atomic E-state index is 10.9. The Balaban J connectivity index is 2.47. The molecule has 1 aromatic heterocycles. The molecule has 23 heavy (non-hydrogen) atoms. The number of nitrogens with zero attached hydrogens (tertiary/aromatic N) is 2. The monoisotopic (exact) mass is 392 g/mol. The molecular weight excluding hydrogens is 379 g/mol. The van der Waals surface area contributed by atoms with Gasteiger partial charge in [0.05, 0.1) is 18.1 Å². The highest BCUT2D eigenvalue weighted by molar-refractivity contribution is 8.13. The molecule has 10 heteroatoms. The van der Waals surface area contributed by atoms with Crippen LogP contribution in [0.2, 0.25) is 4.34 Å². The lowest BCUT2D eigenvalue weighted by Gasteiger charge is -2.19. The first-order valence-electron chi connectivity index (χ1n) is 6.72. The first-order valence-corrected chi connectivity index (χ1v) is 10.6. The number of hydrogen-bond acceptors (Lipinski definition) is 7. The quantitative estimate of drug-likeness (QED) is 0.395. The molecule has 0 radical (unpaired) electrons. The Hall–Kier alpha value is -0.890. The average molecular weight is 393 g/mol. The van der Waals surface area contributed by atoms with Gasteiger partial charge >= 0.3 is 0 Å². The Morgan fingerprint density at radius 3 is 2.61 bits per heavy atom. The summed E-state index contributed by atoms with van der Waals surface area (Å²) in [6, 6.07) is 6.20. The summed E-state index contributed by atoms with van der Waals surface area (Å²) in [5, 5.41) is 11.4. The highest BCUT2D eigenvalue weighted by Gasteiger charge is 2.29. The fourth-order valence-electron chi connectivity index (χ4n) is 1.84. The maximum Gasteiger partial charge on any atom is 0.270 e. The van der Waals surface area contributed by atoms with Gasteiger partial charge in [-0.2, -0.15) is 0 Å². The standard InChI is InChI=1S/C13H14ClN2O4PS2/c1-3-19-21(22,20-4-2)12-11(14)23-13(15-12)9-6-5-7-10(8-9)16(17)18/h5-8H,3-4H2,1-2H3. The number of hydrogen-bond donors (Lipinski definition) is 0. The summed E-state index contributed by atoms with van der Waals surface area (Å²) in [4.78, 5) is 14.9. The highest BCUT2D eigenvalue weighted by Crippen LogP contribution is 2.50. The summed E-state index contributed by atoms with van der Waals surface area (Å²) in [5.74, 6) is 0. The van der Waals surface area contributed by atoms with Crippen molar-refractivity contribution in [3.8, 4) is 10.6 Å².